The van der Waals surface area contributed by atoms with Crippen LogP contribution in [0.3, 0.4) is 0 Å². The minimum absolute atomic E-state index is 0.663. The number of thiophene rings is 1. The summed E-state index contributed by atoms with van der Waals surface area (Å²) in [6.45, 7) is 9.19. The highest BCUT2D eigenvalue weighted by atomic mass is 32.1. The third kappa shape index (κ3) is 3.54. The lowest BCUT2D eigenvalue weighted by Gasteiger charge is -2.34. The first-order chi connectivity index (χ1) is 8.31. The molecule has 0 amide bonds. The Morgan fingerprint density at radius 2 is 2.12 bits per heavy atom. The Hall–Kier alpha value is -0.380. The smallest absolute Gasteiger partial charge is 0.0442 e. The van der Waals surface area contributed by atoms with Gasteiger partial charge < -0.3 is 5.32 Å². The highest BCUT2D eigenvalue weighted by Crippen LogP contribution is 2.31. The van der Waals surface area contributed by atoms with Gasteiger partial charge >= 0.3 is 0 Å². The molecule has 1 aliphatic heterocycles. The van der Waals surface area contributed by atoms with Gasteiger partial charge in [0.15, 0.2) is 0 Å². The quantitative estimate of drug-likeness (QED) is 0.866. The normalized spacial score (nSPS) is 19.4. The van der Waals surface area contributed by atoms with Crippen molar-refractivity contribution in [3.8, 4) is 0 Å². The zero-order chi connectivity index (χ0) is 12.1. The molecule has 0 radical (unpaired) electrons. The maximum Gasteiger partial charge on any atom is 0.0442 e. The molecular formula is C14H24N2S. The lowest BCUT2D eigenvalue weighted by Crippen LogP contribution is -2.45. The lowest BCUT2D eigenvalue weighted by atomic mass is 10.1. The van der Waals surface area contributed by atoms with Crippen molar-refractivity contribution in [2.24, 2.45) is 0 Å². The van der Waals surface area contributed by atoms with Crippen molar-refractivity contribution in [1.82, 2.24) is 10.2 Å². The Morgan fingerprint density at radius 1 is 1.35 bits per heavy atom. The van der Waals surface area contributed by atoms with Gasteiger partial charge in [-0.05, 0) is 25.5 Å². The van der Waals surface area contributed by atoms with E-state index in [1.165, 1.54) is 37.2 Å². The van der Waals surface area contributed by atoms with Crippen molar-refractivity contribution in [2.75, 3.05) is 26.2 Å². The lowest BCUT2D eigenvalue weighted by molar-refractivity contribution is 0.165. The van der Waals surface area contributed by atoms with Crippen LogP contribution in [0.15, 0.2) is 12.1 Å². The Morgan fingerprint density at radius 3 is 2.71 bits per heavy atom. The summed E-state index contributed by atoms with van der Waals surface area (Å²) in [6.07, 6.45) is 3.95. The standard InChI is InChI=1S/C14H24N2S/c1-3-4-5-13(14-7-6-12(2)17-14)16-10-8-15-9-11-16/h6-7,13,15H,3-5,8-11H2,1-2H3/t13-/m0/s1. The second-order valence-electron chi connectivity index (χ2n) is 4.89. The molecule has 0 aromatic carbocycles. The number of nitrogens with one attached hydrogen (secondary N) is 1. The third-order valence-corrected chi connectivity index (χ3v) is 4.61. The van der Waals surface area contributed by atoms with E-state index in [9.17, 15) is 0 Å². The van der Waals surface area contributed by atoms with Crippen LogP contribution in [-0.4, -0.2) is 31.1 Å². The first-order valence-corrected chi connectivity index (χ1v) is 7.64. The van der Waals surface area contributed by atoms with Gasteiger partial charge in [-0.1, -0.05) is 19.8 Å². The number of hydrogen-bond donors (Lipinski definition) is 1. The Kier molecular flexibility index (Phi) is 5.01. The Balaban J connectivity index is 2.06. The number of rotatable bonds is 5. The number of piperazine rings is 1. The Bertz CT molecular complexity index is 329. The molecule has 3 heteroatoms. The van der Waals surface area contributed by atoms with E-state index >= 15 is 0 Å². The van der Waals surface area contributed by atoms with Crippen molar-refractivity contribution in [1.29, 1.82) is 0 Å². The van der Waals surface area contributed by atoms with E-state index in [2.05, 4.69) is 36.2 Å². The molecular weight excluding hydrogens is 228 g/mol. The van der Waals surface area contributed by atoms with Crippen LogP contribution in [0.2, 0.25) is 0 Å². The van der Waals surface area contributed by atoms with Crippen LogP contribution in [0.5, 0.6) is 0 Å². The van der Waals surface area contributed by atoms with Crippen molar-refractivity contribution in [2.45, 2.75) is 39.2 Å². The zero-order valence-electron chi connectivity index (χ0n) is 11.0. The van der Waals surface area contributed by atoms with E-state index in [0.717, 1.165) is 13.1 Å². The van der Waals surface area contributed by atoms with E-state index in [1.54, 1.807) is 4.88 Å². The molecule has 1 N–H and O–H groups in total. The minimum atomic E-state index is 0.663. The van der Waals surface area contributed by atoms with Crippen molar-refractivity contribution < 1.29 is 0 Å². The molecule has 1 aromatic heterocycles. The van der Waals surface area contributed by atoms with Gasteiger partial charge in [-0.25, -0.2) is 0 Å². The van der Waals surface area contributed by atoms with E-state index in [1.807, 2.05) is 11.3 Å². The zero-order valence-corrected chi connectivity index (χ0v) is 11.9. The second kappa shape index (κ2) is 6.53. The third-order valence-electron chi connectivity index (χ3n) is 3.51. The second-order valence-corrected chi connectivity index (χ2v) is 6.21. The molecule has 1 fully saturated rings. The monoisotopic (exact) mass is 252 g/mol. The van der Waals surface area contributed by atoms with E-state index in [0.29, 0.717) is 6.04 Å². The fourth-order valence-electron chi connectivity index (χ4n) is 2.53. The van der Waals surface area contributed by atoms with Gasteiger partial charge in [0.05, 0.1) is 0 Å². The van der Waals surface area contributed by atoms with E-state index < -0.39 is 0 Å². The van der Waals surface area contributed by atoms with Crippen molar-refractivity contribution in [3.05, 3.63) is 21.9 Å². The molecule has 1 atom stereocenters. The first kappa shape index (κ1) is 13.1. The van der Waals surface area contributed by atoms with Crippen LogP contribution < -0.4 is 5.32 Å². The van der Waals surface area contributed by atoms with Gasteiger partial charge in [-0.3, -0.25) is 4.90 Å². The SMILES string of the molecule is CCCC[C@@H](c1ccc(C)s1)N1CCNCC1. The molecule has 0 aliphatic carbocycles. The summed E-state index contributed by atoms with van der Waals surface area (Å²) in [5.74, 6) is 0. The molecule has 0 unspecified atom stereocenters. The van der Waals surface area contributed by atoms with E-state index in [4.69, 9.17) is 0 Å². The van der Waals surface area contributed by atoms with Crippen LogP contribution >= 0.6 is 11.3 Å². The van der Waals surface area contributed by atoms with Gasteiger partial charge in [0, 0.05) is 42.0 Å². The fraction of sp³-hybridized carbons (Fsp3) is 0.714. The van der Waals surface area contributed by atoms with Crippen LogP contribution in [0, 0.1) is 6.92 Å². The van der Waals surface area contributed by atoms with Crippen LogP contribution in [-0.2, 0) is 0 Å². The largest absolute Gasteiger partial charge is 0.314 e. The van der Waals surface area contributed by atoms with Gasteiger partial charge in [0.1, 0.15) is 0 Å². The summed E-state index contributed by atoms with van der Waals surface area (Å²) in [5.41, 5.74) is 0. The van der Waals surface area contributed by atoms with Gasteiger partial charge in [-0.2, -0.15) is 0 Å². The number of aryl methyl sites for hydroxylation is 1. The summed E-state index contributed by atoms with van der Waals surface area (Å²) in [4.78, 5) is 5.67. The molecule has 1 aliphatic rings. The topological polar surface area (TPSA) is 15.3 Å². The van der Waals surface area contributed by atoms with Crippen LogP contribution in [0.4, 0.5) is 0 Å². The molecule has 0 saturated carbocycles. The maximum atomic E-state index is 3.44. The summed E-state index contributed by atoms with van der Waals surface area (Å²) >= 11 is 1.98. The predicted molar refractivity (Wildman–Crippen MR) is 75.8 cm³/mol. The molecule has 96 valence electrons. The summed E-state index contributed by atoms with van der Waals surface area (Å²) in [6, 6.07) is 5.26. The summed E-state index contributed by atoms with van der Waals surface area (Å²) in [7, 11) is 0. The molecule has 1 saturated heterocycles. The number of nitrogens with zero attached hydrogens (tertiary/aromatic N) is 1. The van der Waals surface area contributed by atoms with Gasteiger partial charge in [0.2, 0.25) is 0 Å². The fourth-order valence-corrected chi connectivity index (χ4v) is 3.58. The average molecular weight is 252 g/mol. The molecule has 1 aromatic rings. The maximum absolute atomic E-state index is 3.44. The number of hydrogen-bond acceptors (Lipinski definition) is 3. The van der Waals surface area contributed by atoms with Crippen LogP contribution in [0.25, 0.3) is 0 Å². The first-order valence-electron chi connectivity index (χ1n) is 6.82. The van der Waals surface area contributed by atoms with Gasteiger partial charge in [-0.15, -0.1) is 11.3 Å². The van der Waals surface area contributed by atoms with E-state index in [-0.39, 0.29) is 0 Å². The average Bonchev–Trinajstić information content (AvgIpc) is 2.78. The number of unbranched alkanes of at least 4 members (excludes halogenated alkanes) is 1. The van der Waals surface area contributed by atoms with Gasteiger partial charge in [0.25, 0.3) is 0 Å². The Labute approximate surface area is 109 Å². The van der Waals surface area contributed by atoms with Crippen molar-refractivity contribution in [3.63, 3.8) is 0 Å². The molecule has 0 spiro atoms. The van der Waals surface area contributed by atoms with Crippen LogP contribution in [0.1, 0.15) is 42.0 Å². The molecule has 2 heterocycles. The highest BCUT2D eigenvalue weighted by molar-refractivity contribution is 7.12. The summed E-state index contributed by atoms with van der Waals surface area (Å²) in [5, 5.41) is 3.44. The molecule has 2 rings (SSSR count). The summed E-state index contributed by atoms with van der Waals surface area (Å²) < 4.78 is 0. The molecule has 0 bridgehead atoms. The van der Waals surface area contributed by atoms with Crippen molar-refractivity contribution >= 4 is 11.3 Å². The molecule has 17 heavy (non-hydrogen) atoms. The highest BCUT2D eigenvalue weighted by Gasteiger charge is 2.22. The molecule has 2 nitrogen and oxygen atoms in total. The minimum Gasteiger partial charge on any atom is -0.314 e. The predicted octanol–water partition coefficient (Wildman–Crippen LogP) is 3.19.